The maximum Gasteiger partial charge on any atom is 0.322 e. The van der Waals surface area contributed by atoms with E-state index < -0.39 is 22.0 Å². The number of nitrogens with one attached hydrogen (secondary N) is 1. The Balaban J connectivity index is 2.20. The maximum absolute atomic E-state index is 12.3. The van der Waals surface area contributed by atoms with Crippen LogP contribution in [0.25, 0.3) is 0 Å². The van der Waals surface area contributed by atoms with Crippen molar-refractivity contribution in [1.82, 2.24) is 4.72 Å². The van der Waals surface area contributed by atoms with E-state index in [0.717, 1.165) is 6.42 Å². The molecule has 0 aliphatic carbocycles. The average molecular weight is 340 g/mol. The fourth-order valence-electron chi connectivity index (χ4n) is 2.43. The lowest BCUT2D eigenvalue weighted by Crippen LogP contribution is -2.44. The summed E-state index contributed by atoms with van der Waals surface area (Å²) in [6.45, 7) is 3.88. The minimum Gasteiger partial charge on any atom is -0.480 e. The molecule has 1 amide bonds. The Kier molecular flexibility index (Phi) is 5.06. The Labute approximate surface area is 135 Å². The molecule has 2 rings (SSSR count). The summed E-state index contributed by atoms with van der Waals surface area (Å²) in [6, 6.07) is 4.68. The highest BCUT2D eigenvalue weighted by Gasteiger charge is 2.28. The van der Waals surface area contributed by atoms with Crippen LogP contribution in [0.3, 0.4) is 0 Å². The first-order valence-corrected chi connectivity index (χ1v) is 8.86. The molecule has 1 aliphatic heterocycles. The first-order valence-electron chi connectivity index (χ1n) is 7.38. The topological polar surface area (TPSA) is 104 Å². The number of hydrogen-bond donors (Lipinski definition) is 2. The van der Waals surface area contributed by atoms with Crippen LogP contribution in [0.1, 0.15) is 26.7 Å². The number of carbonyl (C=O) groups is 2. The van der Waals surface area contributed by atoms with Crippen molar-refractivity contribution < 1.29 is 23.1 Å². The van der Waals surface area contributed by atoms with E-state index in [2.05, 4.69) is 4.72 Å². The van der Waals surface area contributed by atoms with Gasteiger partial charge in [-0.25, -0.2) is 8.42 Å². The first-order chi connectivity index (χ1) is 10.7. The normalized spacial score (nSPS) is 16.8. The van der Waals surface area contributed by atoms with E-state index in [1.54, 1.807) is 30.9 Å². The lowest BCUT2D eigenvalue weighted by atomic mass is 10.1. The fraction of sp³-hybridized carbons (Fsp3) is 0.467. The Bertz CT molecular complexity index is 697. The van der Waals surface area contributed by atoms with Crippen LogP contribution < -0.4 is 9.62 Å². The first kappa shape index (κ1) is 17.4. The molecule has 7 nitrogen and oxygen atoms in total. The van der Waals surface area contributed by atoms with Crippen LogP contribution in [0.2, 0.25) is 0 Å². The molecule has 1 aromatic rings. The highest BCUT2D eigenvalue weighted by molar-refractivity contribution is 7.89. The van der Waals surface area contributed by atoms with Crippen LogP contribution >= 0.6 is 0 Å². The molecule has 1 unspecified atom stereocenters. The van der Waals surface area contributed by atoms with Crippen LogP contribution in [0.5, 0.6) is 0 Å². The zero-order valence-corrected chi connectivity index (χ0v) is 13.8. The Morgan fingerprint density at radius 2 is 1.87 bits per heavy atom. The molecule has 1 saturated heterocycles. The molecule has 2 N–H and O–H groups in total. The minimum absolute atomic E-state index is 0.0180. The van der Waals surface area contributed by atoms with Gasteiger partial charge in [0.2, 0.25) is 15.9 Å². The fourth-order valence-corrected chi connectivity index (χ4v) is 3.77. The second-order valence-electron chi connectivity index (χ2n) is 5.82. The van der Waals surface area contributed by atoms with Gasteiger partial charge < -0.3 is 10.0 Å². The number of benzene rings is 1. The van der Waals surface area contributed by atoms with Crippen molar-refractivity contribution >= 4 is 27.6 Å². The van der Waals surface area contributed by atoms with E-state index >= 15 is 0 Å². The summed E-state index contributed by atoms with van der Waals surface area (Å²) in [7, 11) is -3.94. The molecule has 1 aliphatic rings. The second kappa shape index (κ2) is 6.67. The molecule has 0 saturated carbocycles. The van der Waals surface area contributed by atoms with Gasteiger partial charge in [0.1, 0.15) is 6.04 Å². The molecule has 0 bridgehead atoms. The third kappa shape index (κ3) is 3.89. The number of hydrogen-bond acceptors (Lipinski definition) is 4. The van der Waals surface area contributed by atoms with Gasteiger partial charge in [0, 0.05) is 18.7 Å². The van der Waals surface area contributed by atoms with Gasteiger partial charge in [-0.2, -0.15) is 4.72 Å². The predicted octanol–water partition coefficient (Wildman–Crippen LogP) is 1.20. The quantitative estimate of drug-likeness (QED) is 0.810. The minimum atomic E-state index is -3.94. The van der Waals surface area contributed by atoms with Gasteiger partial charge >= 0.3 is 5.97 Å². The number of anilines is 1. The zero-order valence-electron chi connectivity index (χ0n) is 13.0. The monoisotopic (exact) mass is 340 g/mol. The predicted molar refractivity (Wildman–Crippen MR) is 84.6 cm³/mol. The van der Waals surface area contributed by atoms with Crippen LogP contribution in [-0.4, -0.2) is 38.0 Å². The Morgan fingerprint density at radius 3 is 2.30 bits per heavy atom. The van der Waals surface area contributed by atoms with E-state index in [1.165, 1.54) is 12.1 Å². The molecule has 23 heavy (non-hydrogen) atoms. The molecule has 0 radical (unpaired) electrons. The molecule has 0 aromatic heterocycles. The molecule has 1 aromatic carbocycles. The number of aliphatic carboxylic acids is 1. The van der Waals surface area contributed by atoms with Crippen LogP contribution in [0.15, 0.2) is 29.2 Å². The molecule has 8 heteroatoms. The Hall–Kier alpha value is -1.93. The number of carboxylic acid groups (broad SMARTS) is 1. The summed E-state index contributed by atoms with van der Waals surface area (Å²) < 4.78 is 26.8. The van der Waals surface area contributed by atoms with Crippen molar-refractivity contribution in [3.63, 3.8) is 0 Å². The van der Waals surface area contributed by atoms with Crippen molar-refractivity contribution in [3.05, 3.63) is 24.3 Å². The third-order valence-electron chi connectivity index (χ3n) is 3.75. The molecule has 1 heterocycles. The van der Waals surface area contributed by atoms with E-state index in [4.69, 9.17) is 5.11 Å². The third-order valence-corrected chi connectivity index (χ3v) is 5.20. The van der Waals surface area contributed by atoms with Gasteiger partial charge in [-0.1, -0.05) is 13.8 Å². The molecule has 1 atom stereocenters. The SMILES string of the molecule is CC(C)C(NS(=O)(=O)c1ccc(N2CCCC2=O)cc1)C(=O)O. The van der Waals surface area contributed by atoms with Gasteiger partial charge in [0.05, 0.1) is 4.90 Å². The van der Waals surface area contributed by atoms with Gasteiger partial charge in [-0.3, -0.25) is 9.59 Å². The summed E-state index contributed by atoms with van der Waals surface area (Å²) in [5, 5.41) is 9.10. The van der Waals surface area contributed by atoms with Crippen LogP contribution in [0, 0.1) is 5.92 Å². The summed E-state index contributed by atoms with van der Waals surface area (Å²) in [5.74, 6) is -1.59. The average Bonchev–Trinajstić information content (AvgIpc) is 2.90. The van der Waals surface area contributed by atoms with Crippen molar-refractivity contribution in [2.24, 2.45) is 5.92 Å². The smallest absolute Gasteiger partial charge is 0.322 e. The maximum atomic E-state index is 12.3. The number of amides is 1. The van der Waals surface area contributed by atoms with Gasteiger partial charge in [0.25, 0.3) is 0 Å². The van der Waals surface area contributed by atoms with Crippen molar-refractivity contribution in [2.75, 3.05) is 11.4 Å². The molecule has 0 spiro atoms. The largest absolute Gasteiger partial charge is 0.480 e. The van der Waals surface area contributed by atoms with Crippen molar-refractivity contribution in [3.8, 4) is 0 Å². The molecule has 126 valence electrons. The van der Waals surface area contributed by atoms with Gasteiger partial charge in [-0.05, 0) is 36.6 Å². The van der Waals surface area contributed by atoms with Crippen LogP contribution in [-0.2, 0) is 19.6 Å². The van der Waals surface area contributed by atoms with E-state index in [9.17, 15) is 18.0 Å². The number of sulfonamides is 1. The van der Waals surface area contributed by atoms with Crippen LogP contribution in [0.4, 0.5) is 5.69 Å². The van der Waals surface area contributed by atoms with Gasteiger partial charge in [0.15, 0.2) is 0 Å². The van der Waals surface area contributed by atoms with Crippen molar-refractivity contribution in [2.45, 2.75) is 37.6 Å². The number of carboxylic acids is 1. The van der Waals surface area contributed by atoms with E-state index in [-0.39, 0.29) is 16.7 Å². The second-order valence-corrected chi connectivity index (χ2v) is 7.54. The molecular weight excluding hydrogens is 320 g/mol. The van der Waals surface area contributed by atoms with Gasteiger partial charge in [-0.15, -0.1) is 0 Å². The number of carbonyl (C=O) groups excluding carboxylic acids is 1. The molecule has 1 fully saturated rings. The number of rotatable bonds is 6. The van der Waals surface area contributed by atoms with Crippen molar-refractivity contribution in [1.29, 1.82) is 0 Å². The summed E-state index contributed by atoms with van der Waals surface area (Å²) in [6.07, 6.45) is 1.28. The lowest BCUT2D eigenvalue weighted by Gasteiger charge is -2.19. The highest BCUT2D eigenvalue weighted by atomic mass is 32.2. The Morgan fingerprint density at radius 1 is 1.26 bits per heavy atom. The lowest BCUT2D eigenvalue weighted by molar-refractivity contribution is -0.140. The molecular formula is C15H20N2O5S. The standard InChI is InChI=1S/C15H20N2O5S/c1-10(2)14(15(19)20)16-23(21,22)12-7-5-11(6-8-12)17-9-3-4-13(17)18/h5-8,10,14,16H,3-4,9H2,1-2H3,(H,19,20). The zero-order chi connectivity index (χ0) is 17.2. The van der Waals surface area contributed by atoms with E-state index in [0.29, 0.717) is 18.7 Å². The summed E-state index contributed by atoms with van der Waals surface area (Å²) in [4.78, 5) is 24.4. The summed E-state index contributed by atoms with van der Waals surface area (Å²) >= 11 is 0. The highest BCUT2D eigenvalue weighted by Crippen LogP contribution is 2.23. The van der Waals surface area contributed by atoms with E-state index in [1.807, 2.05) is 0 Å². The number of nitrogens with zero attached hydrogens (tertiary/aromatic N) is 1. The summed E-state index contributed by atoms with van der Waals surface area (Å²) in [5.41, 5.74) is 0.644.